The van der Waals surface area contributed by atoms with Gasteiger partial charge in [0.05, 0.1) is 10.6 Å². The van der Waals surface area contributed by atoms with E-state index in [9.17, 15) is 14.9 Å². The number of nitro benzene ring substituents is 1. The highest BCUT2D eigenvalue weighted by molar-refractivity contribution is 9.11. The fraction of sp³-hybridized carbons (Fsp3) is 0. The topological polar surface area (TPSA) is 98.3 Å². The summed E-state index contributed by atoms with van der Waals surface area (Å²) in [5.41, 5.74) is 5.50. The lowest BCUT2D eigenvalue weighted by Crippen LogP contribution is -2.15. The highest BCUT2D eigenvalue weighted by Crippen LogP contribution is 2.32. The second kappa shape index (κ2) is 6.23. The molecule has 0 aliphatic rings. The Hall–Kier alpha value is -1.93. The Labute approximate surface area is 136 Å². The van der Waals surface area contributed by atoms with Crippen LogP contribution >= 0.6 is 31.9 Å². The van der Waals surface area contributed by atoms with Crippen molar-refractivity contribution in [1.82, 2.24) is 0 Å². The summed E-state index contributed by atoms with van der Waals surface area (Å²) in [6.07, 6.45) is 0. The Balaban J connectivity index is 2.43. The number of para-hydroxylation sites is 2. The summed E-state index contributed by atoms with van der Waals surface area (Å²) in [4.78, 5) is 22.7. The number of rotatable bonds is 3. The zero-order valence-corrected chi connectivity index (χ0v) is 13.6. The molecule has 2 aromatic rings. The first-order valence-corrected chi connectivity index (χ1v) is 7.28. The molecule has 0 unspecified atom stereocenters. The van der Waals surface area contributed by atoms with E-state index in [1.54, 1.807) is 18.2 Å². The normalized spacial score (nSPS) is 10.2. The number of nitrogens with zero attached hydrogens (tertiary/aromatic N) is 1. The van der Waals surface area contributed by atoms with Gasteiger partial charge in [0.2, 0.25) is 0 Å². The number of carbonyl (C=O) groups is 1. The predicted octanol–water partition coefficient (Wildman–Crippen LogP) is 3.95. The van der Waals surface area contributed by atoms with Crippen molar-refractivity contribution >= 4 is 54.8 Å². The minimum absolute atomic E-state index is 0.0566. The van der Waals surface area contributed by atoms with Crippen LogP contribution in [0.3, 0.4) is 0 Å². The van der Waals surface area contributed by atoms with Gasteiger partial charge >= 0.3 is 5.69 Å². The first-order valence-electron chi connectivity index (χ1n) is 5.70. The number of benzene rings is 2. The molecular weight excluding hydrogens is 406 g/mol. The maximum atomic E-state index is 12.3. The van der Waals surface area contributed by atoms with E-state index in [1.165, 1.54) is 18.2 Å². The summed E-state index contributed by atoms with van der Waals surface area (Å²) < 4.78 is 1.30. The number of carbonyl (C=O) groups excluding carboxylic acids is 1. The lowest BCUT2D eigenvalue weighted by atomic mass is 10.1. The molecule has 0 saturated carbocycles. The van der Waals surface area contributed by atoms with Gasteiger partial charge in [0.1, 0.15) is 11.3 Å². The van der Waals surface area contributed by atoms with Gasteiger partial charge in [-0.15, -0.1) is 0 Å². The Bertz CT molecular complexity index is 714. The van der Waals surface area contributed by atoms with E-state index in [2.05, 4.69) is 37.2 Å². The van der Waals surface area contributed by atoms with E-state index in [1.807, 2.05) is 0 Å². The minimum Gasteiger partial charge on any atom is -0.393 e. The lowest BCUT2D eigenvalue weighted by Gasteiger charge is -2.10. The molecule has 6 nitrogen and oxygen atoms in total. The summed E-state index contributed by atoms with van der Waals surface area (Å²) in [6, 6.07) is 9.50. The largest absolute Gasteiger partial charge is 0.393 e. The van der Waals surface area contributed by atoms with Crippen molar-refractivity contribution in [2.45, 2.75) is 0 Å². The molecule has 0 bridgehead atoms. The third-order valence-corrected chi connectivity index (χ3v) is 4.02. The van der Waals surface area contributed by atoms with E-state index >= 15 is 0 Å². The number of nitrogen functional groups attached to an aromatic ring is 1. The zero-order valence-electron chi connectivity index (χ0n) is 10.5. The number of nitrogens with two attached hydrogens (primary N) is 1. The second-order valence-electron chi connectivity index (χ2n) is 4.05. The van der Waals surface area contributed by atoms with E-state index in [0.29, 0.717) is 14.6 Å². The highest BCUT2D eigenvalue weighted by Gasteiger charge is 2.23. The van der Waals surface area contributed by atoms with Crippen molar-refractivity contribution < 1.29 is 9.72 Å². The van der Waals surface area contributed by atoms with E-state index in [-0.39, 0.29) is 11.3 Å². The molecule has 0 heterocycles. The number of hydrogen-bond acceptors (Lipinski definition) is 4. The molecule has 2 rings (SSSR count). The Morgan fingerprint density at radius 1 is 1.14 bits per heavy atom. The molecule has 0 atom stereocenters. The monoisotopic (exact) mass is 413 g/mol. The fourth-order valence-corrected chi connectivity index (χ4v) is 2.94. The van der Waals surface area contributed by atoms with E-state index in [0.717, 1.165) is 0 Å². The number of hydrogen-bond donors (Lipinski definition) is 2. The summed E-state index contributed by atoms with van der Waals surface area (Å²) in [7, 11) is 0. The molecule has 3 N–H and O–H groups in total. The average molecular weight is 415 g/mol. The molecule has 108 valence electrons. The molecule has 0 aliphatic carbocycles. The first-order chi connectivity index (χ1) is 9.91. The van der Waals surface area contributed by atoms with Crippen LogP contribution < -0.4 is 11.1 Å². The molecule has 1 amide bonds. The van der Waals surface area contributed by atoms with Crippen molar-refractivity contribution in [3.8, 4) is 0 Å². The SMILES string of the molecule is Nc1cccc(C(=O)Nc2c(Br)cccc2Br)c1[N+](=O)[O-]. The van der Waals surface area contributed by atoms with Crippen LogP contribution in [0.15, 0.2) is 45.3 Å². The molecule has 0 aromatic heterocycles. The molecule has 2 aromatic carbocycles. The van der Waals surface area contributed by atoms with Gasteiger partial charge < -0.3 is 11.1 Å². The standard InChI is InChI=1S/C13H9Br2N3O3/c14-8-4-2-5-9(15)11(8)17-13(19)7-3-1-6-10(16)12(7)18(20)21/h1-6H,16H2,(H,17,19). The third-order valence-electron chi connectivity index (χ3n) is 2.70. The molecule has 0 fully saturated rings. The molecule has 0 aliphatic heterocycles. The van der Waals surface area contributed by atoms with Crippen LogP contribution in [-0.2, 0) is 0 Å². The fourth-order valence-electron chi connectivity index (χ4n) is 1.75. The van der Waals surface area contributed by atoms with Gasteiger partial charge in [0.25, 0.3) is 5.91 Å². The van der Waals surface area contributed by atoms with Gasteiger partial charge in [0.15, 0.2) is 0 Å². The van der Waals surface area contributed by atoms with Crippen LogP contribution in [0.25, 0.3) is 0 Å². The van der Waals surface area contributed by atoms with Crippen molar-refractivity contribution in [3.05, 3.63) is 61.0 Å². The Morgan fingerprint density at radius 2 is 1.71 bits per heavy atom. The van der Waals surface area contributed by atoms with Gasteiger partial charge in [-0.25, -0.2) is 0 Å². The van der Waals surface area contributed by atoms with Crippen LogP contribution in [0, 0.1) is 10.1 Å². The Morgan fingerprint density at radius 3 is 2.29 bits per heavy atom. The van der Waals surface area contributed by atoms with Crippen LogP contribution in [-0.4, -0.2) is 10.8 Å². The third kappa shape index (κ3) is 3.22. The van der Waals surface area contributed by atoms with Crippen LogP contribution in [0.5, 0.6) is 0 Å². The summed E-state index contributed by atoms with van der Waals surface area (Å²) in [6.45, 7) is 0. The van der Waals surface area contributed by atoms with Gasteiger partial charge in [-0.2, -0.15) is 0 Å². The molecular formula is C13H9Br2N3O3. The number of halogens is 2. The average Bonchev–Trinajstić information content (AvgIpc) is 2.42. The molecule has 0 radical (unpaired) electrons. The molecule has 21 heavy (non-hydrogen) atoms. The number of nitrogens with one attached hydrogen (secondary N) is 1. The van der Waals surface area contributed by atoms with Crippen molar-refractivity contribution in [1.29, 1.82) is 0 Å². The lowest BCUT2D eigenvalue weighted by molar-refractivity contribution is -0.384. The maximum absolute atomic E-state index is 12.3. The second-order valence-corrected chi connectivity index (χ2v) is 5.76. The van der Waals surface area contributed by atoms with Crippen molar-refractivity contribution in [2.75, 3.05) is 11.1 Å². The number of nitro groups is 1. The Kier molecular flexibility index (Phi) is 4.59. The van der Waals surface area contributed by atoms with Gasteiger partial charge in [-0.05, 0) is 56.1 Å². The van der Waals surface area contributed by atoms with Crippen LogP contribution in [0.2, 0.25) is 0 Å². The highest BCUT2D eigenvalue weighted by atomic mass is 79.9. The smallest absolute Gasteiger partial charge is 0.304 e. The predicted molar refractivity (Wildman–Crippen MR) is 87.3 cm³/mol. The van der Waals surface area contributed by atoms with Gasteiger partial charge in [-0.3, -0.25) is 14.9 Å². The molecule has 0 saturated heterocycles. The number of anilines is 2. The van der Waals surface area contributed by atoms with Crippen molar-refractivity contribution in [2.24, 2.45) is 0 Å². The van der Waals surface area contributed by atoms with Gasteiger partial charge in [-0.1, -0.05) is 12.1 Å². The van der Waals surface area contributed by atoms with Gasteiger partial charge in [0, 0.05) is 8.95 Å². The van der Waals surface area contributed by atoms with Crippen LogP contribution in [0.1, 0.15) is 10.4 Å². The van der Waals surface area contributed by atoms with Crippen molar-refractivity contribution in [3.63, 3.8) is 0 Å². The first kappa shape index (κ1) is 15.5. The summed E-state index contributed by atoms with van der Waals surface area (Å²) >= 11 is 6.61. The van der Waals surface area contributed by atoms with E-state index in [4.69, 9.17) is 5.73 Å². The molecule has 0 spiro atoms. The minimum atomic E-state index is -0.667. The maximum Gasteiger partial charge on any atom is 0.304 e. The quantitative estimate of drug-likeness (QED) is 0.451. The van der Waals surface area contributed by atoms with Crippen LogP contribution in [0.4, 0.5) is 17.1 Å². The van der Waals surface area contributed by atoms with E-state index < -0.39 is 16.5 Å². The summed E-state index contributed by atoms with van der Waals surface area (Å²) in [5, 5.41) is 13.7. The number of amides is 1. The summed E-state index contributed by atoms with van der Waals surface area (Å²) in [5.74, 6) is -0.610. The molecule has 8 heteroatoms. The zero-order chi connectivity index (χ0) is 15.6.